The zero-order valence-electron chi connectivity index (χ0n) is 5.00. The predicted octanol–water partition coefficient (Wildman–Crippen LogP) is -0.936. The van der Waals surface area contributed by atoms with Crippen molar-refractivity contribution in [2.75, 3.05) is 0 Å². The summed E-state index contributed by atoms with van der Waals surface area (Å²) < 4.78 is 9.14. The van der Waals surface area contributed by atoms with E-state index in [0.29, 0.717) is 7.69 Å². The highest BCUT2D eigenvalue weighted by Gasteiger charge is 1.97. The maximum Gasteiger partial charge on any atom is 0.469 e. The normalized spacial score (nSPS) is 9.50. The van der Waals surface area contributed by atoms with Crippen molar-refractivity contribution in [2.24, 2.45) is 0 Å². The summed E-state index contributed by atoms with van der Waals surface area (Å²) in [4.78, 5) is 0. The van der Waals surface area contributed by atoms with Gasteiger partial charge < -0.3 is 13.9 Å². The van der Waals surface area contributed by atoms with Gasteiger partial charge in [0, 0.05) is 0 Å². The first kappa shape index (κ1) is 8.23. The fraction of sp³-hybridized carbons (Fsp3) is 1.00. The van der Waals surface area contributed by atoms with Crippen molar-refractivity contribution >= 4 is 24.4 Å². The van der Waals surface area contributed by atoms with Gasteiger partial charge in [0.15, 0.2) is 9.04 Å². The molecule has 0 saturated heterocycles. The van der Waals surface area contributed by atoms with E-state index in [1.165, 1.54) is 0 Å². The van der Waals surface area contributed by atoms with E-state index >= 15 is 0 Å². The van der Waals surface area contributed by atoms with Crippen LogP contribution in [-0.2, 0) is 8.92 Å². The van der Waals surface area contributed by atoms with Gasteiger partial charge in [-0.25, -0.2) is 0 Å². The second-order valence-electron chi connectivity index (χ2n) is 1.52. The first-order valence-corrected chi connectivity index (χ1v) is 5.14. The van der Waals surface area contributed by atoms with Gasteiger partial charge in [0.25, 0.3) is 0 Å². The van der Waals surface area contributed by atoms with Gasteiger partial charge in [0.2, 0.25) is 0 Å². The van der Waals surface area contributed by atoms with E-state index in [4.69, 9.17) is 9.37 Å². The van der Waals surface area contributed by atoms with Gasteiger partial charge in [-0.3, -0.25) is 0 Å². The molecule has 0 saturated carbocycles. The molecule has 3 nitrogen and oxygen atoms in total. The summed E-state index contributed by atoms with van der Waals surface area (Å²) in [5.41, 5.74) is 0. The Morgan fingerprint density at radius 1 is 1.50 bits per heavy atom. The lowest BCUT2D eigenvalue weighted by Crippen LogP contribution is -2.15. The van der Waals surface area contributed by atoms with E-state index in [1.807, 2.05) is 13.1 Å². The van der Waals surface area contributed by atoms with Crippen LogP contribution in [0.15, 0.2) is 0 Å². The van der Waals surface area contributed by atoms with Crippen molar-refractivity contribution in [1.29, 1.82) is 0 Å². The molecule has 0 aromatic rings. The van der Waals surface area contributed by atoms with E-state index in [0.717, 1.165) is 7.69 Å². The average Bonchev–Trinajstić information content (AvgIpc) is 1.66. The Morgan fingerprint density at radius 3 is 2.50 bits per heavy atom. The van der Waals surface area contributed by atoms with Gasteiger partial charge in [-0.2, -0.15) is 0 Å². The maximum atomic E-state index is 7.94. The molecular formula is C2H8B2O3Si. The van der Waals surface area contributed by atoms with Crippen molar-refractivity contribution in [3.8, 4) is 0 Å². The molecule has 1 N–H and O–H groups in total. The molecule has 0 unspecified atom stereocenters. The van der Waals surface area contributed by atoms with Gasteiger partial charge in [0.1, 0.15) is 0 Å². The second kappa shape index (κ2) is 5.37. The molecular weight excluding hydrogens is 122 g/mol. The third kappa shape index (κ3) is 6.23. The lowest BCUT2D eigenvalue weighted by Gasteiger charge is -2.01. The molecule has 0 atom stereocenters. The first-order chi connectivity index (χ1) is 3.77. The van der Waals surface area contributed by atoms with Crippen LogP contribution in [0.5, 0.6) is 0 Å². The molecule has 6 heteroatoms. The zero-order valence-corrected chi connectivity index (χ0v) is 6.15. The van der Waals surface area contributed by atoms with Gasteiger partial charge in [0.05, 0.1) is 0 Å². The third-order valence-electron chi connectivity index (χ3n) is 0.444. The number of hydrogen-bond donors (Lipinski definition) is 1. The van der Waals surface area contributed by atoms with Crippen molar-refractivity contribution in [3.63, 3.8) is 0 Å². The molecule has 0 fully saturated rings. The molecule has 2 radical (unpaired) electrons. The first-order valence-electron chi connectivity index (χ1n) is 2.36. The summed E-state index contributed by atoms with van der Waals surface area (Å²) >= 11 is 0. The Hall–Kier alpha value is 0.227. The molecule has 0 aliphatic heterocycles. The van der Waals surface area contributed by atoms with Crippen LogP contribution in [-0.4, -0.2) is 29.4 Å². The zero-order chi connectivity index (χ0) is 6.41. The molecule has 44 valence electrons. The Balaban J connectivity index is 2.72. The van der Waals surface area contributed by atoms with Gasteiger partial charge in [-0.1, -0.05) is 0 Å². The summed E-state index contributed by atoms with van der Waals surface area (Å²) in [5.74, 6) is 0. The molecule has 0 spiro atoms. The molecule has 8 heavy (non-hydrogen) atoms. The minimum absolute atomic E-state index is 0.580. The number of hydrogen-bond acceptors (Lipinski definition) is 3. The maximum absolute atomic E-state index is 7.94. The third-order valence-corrected chi connectivity index (χ3v) is 1.10. The second-order valence-corrected chi connectivity index (χ2v) is 3.89. The van der Waals surface area contributed by atoms with Crippen molar-refractivity contribution in [2.45, 2.75) is 13.1 Å². The number of rotatable bonds is 4. The lowest BCUT2D eigenvalue weighted by molar-refractivity contribution is 0.417. The highest BCUT2D eigenvalue weighted by atomic mass is 28.3. The highest BCUT2D eigenvalue weighted by Crippen LogP contribution is 1.79. The topological polar surface area (TPSA) is 38.7 Å². The minimum Gasteiger partial charge on any atom is -0.459 e. The van der Waals surface area contributed by atoms with Crippen LogP contribution < -0.4 is 0 Å². The van der Waals surface area contributed by atoms with Crippen LogP contribution in [0.25, 0.3) is 0 Å². The monoisotopic (exact) mass is 130 g/mol. The fourth-order valence-electron chi connectivity index (χ4n) is 0.168. The molecule has 0 aliphatic rings. The smallest absolute Gasteiger partial charge is 0.459 e. The summed E-state index contributed by atoms with van der Waals surface area (Å²) in [5, 5.41) is 7.94. The predicted molar refractivity (Wildman–Crippen MR) is 34.8 cm³/mol. The summed E-state index contributed by atoms with van der Waals surface area (Å²) in [6.45, 7) is 3.99. The molecule has 0 amide bonds. The van der Waals surface area contributed by atoms with Crippen molar-refractivity contribution in [1.82, 2.24) is 0 Å². The average molecular weight is 130 g/mol. The quantitative estimate of drug-likeness (QED) is 0.394. The summed E-state index contributed by atoms with van der Waals surface area (Å²) in [6.07, 6.45) is 0. The van der Waals surface area contributed by atoms with Gasteiger partial charge in [-0.05, 0) is 13.1 Å². The van der Waals surface area contributed by atoms with Crippen LogP contribution in [0.1, 0.15) is 0 Å². The SMILES string of the molecule is C[SiH](C)O[B]O[B]O. The van der Waals surface area contributed by atoms with Gasteiger partial charge >= 0.3 is 15.4 Å². The van der Waals surface area contributed by atoms with Crippen LogP contribution in [0.4, 0.5) is 0 Å². The Bertz CT molecular complexity index is 52.5. The highest BCUT2D eigenvalue weighted by molar-refractivity contribution is 6.55. The molecule has 0 aromatic carbocycles. The summed E-state index contributed by atoms with van der Waals surface area (Å²) in [6, 6.07) is 0. The largest absolute Gasteiger partial charge is 0.469 e. The van der Waals surface area contributed by atoms with Crippen LogP contribution >= 0.6 is 0 Å². The Labute approximate surface area is 52.3 Å². The standard InChI is InChI=1S/C2H8B2O3Si/c1-8(2)7-4-6-3-5/h5,8H,1-2H3. The molecule has 0 heterocycles. The Kier molecular flexibility index (Phi) is 5.52. The Morgan fingerprint density at radius 2 is 2.12 bits per heavy atom. The lowest BCUT2D eigenvalue weighted by atomic mass is 10.3. The molecule has 0 rings (SSSR count). The van der Waals surface area contributed by atoms with E-state index in [1.54, 1.807) is 0 Å². The fourth-order valence-corrected chi connectivity index (χ4v) is 0.454. The molecule has 0 aliphatic carbocycles. The van der Waals surface area contributed by atoms with E-state index in [2.05, 4.69) is 4.57 Å². The van der Waals surface area contributed by atoms with E-state index in [9.17, 15) is 0 Å². The molecule has 0 aromatic heterocycles. The van der Waals surface area contributed by atoms with Crippen molar-refractivity contribution in [3.05, 3.63) is 0 Å². The van der Waals surface area contributed by atoms with Crippen LogP contribution in [0, 0.1) is 0 Å². The minimum atomic E-state index is -1.01. The van der Waals surface area contributed by atoms with E-state index in [-0.39, 0.29) is 0 Å². The van der Waals surface area contributed by atoms with Crippen LogP contribution in [0.2, 0.25) is 13.1 Å². The molecule has 0 bridgehead atoms. The van der Waals surface area contributed by atoms with Crippen molar-refractivity contribution < 1.29 is 13.9 Å². The van der Waals surface area contributed by atoms with Gasteiger partial charge in [-0.15, -0.1) is 0 Å². The van der Waals surface area contributed by atoms with Crippen LogP contribution in [0.3, 0.4) is 0 Å². The van der Waals surface area contributed by atoms with E-state index < -0.39 is 9.04 Å². The summed E-state index contributed by atoms with van der Waals surface area (Å²) in [7, 11) is 0.702.